The normalized spacial score (nSPS) is 10.6. The zero-order chi connectivity index (χ0) is 20.5. The average molecular weight is 389 g/mol. The van der Waals surface area contributed by atoms with Gasteiger partial charge in [0.2, 0.25) is 0 Å². The zero-order valence-electron chi connectivity index (χ0n) is 16.9. The van der Waals surface area contributed by atoms with Crippen LogP contribution in [0.1, 0.15) is 40.7 Å². The van der Waals surface area contributed by atoms with Gasteiger partial charge in [0.15, 0.2) is 11.5 Å². The lowest BCUT2D eigenvalue weighted by Gasteiger charge is -2.18. The van der Waals surface area contributed by atoms with Crippen LogP contribution in [0, 0.1) is 0 Å². The molecule has 29 heavy (non-hydrogen) atoms. The second-order valence-corrected chi connectivity index (χ2v) is 6.72. The fourth-order valence-electron chi connectivity index (χ4n) is 3.41. The second-order valence-electron chi connectivity index (χ2n) is 6.72. The minimum absolute atomic E-state index is 0.119. The first kappa shape index (κ1) is 20.5. The monoisotopic (exact) mass is 389 g/mol. The Balaban J connectivity index is 1.67. The van der Waals surface area contributed by atoms with Crippen molar-refractivity contribution in [2.45, 2.75) is 19.3 Å². The third kappa shape index (κ3) is 5.38. The molecule has 4 heteroatoms. The van der Waals surface area contributed by atoms with E-state index in [1.807, 2.05) is 19.1 Å². The molecule has 0 fully saturated rings. The van der Waals surface area contributed by atoms with Gasteiger partial charge in [0, 0.05) is 18.0 Å². The van der Waals surface area contributed by atoms with Crippen molar-refractivity contribution in [1.82, 2.24) is 5.32 Å². The van der Waals surface area contributed by atoms with E-state index in [-0.39, 0.29) is 11.8 Å². The molecule has 4 nitrogen and oxygen atoms in total. The molecule has 3 aromatic carbocycles. The summed E-state index contributed by atoms with van der Waals surface area (Å²) < 4.78 is 10.9. The quantitative estimate of drug-likeness (QED) is 0.557. The topological polar surface area (TPSA) is 47.6 Å². The molecule has 0 saturated heterocycles. The summed E-state index contributed by atoms with van der Waals surface area (Å²) in [5.41, 5.74) is 3.05. The van der Waals surface area contributed by atoms with E-state index in [9.17, 15) is 4.79 Å². The zero-order valence-corrected chi connectivity index (χ0v) is 16.9. The minimum atomic E-state index is -0.119. The predicted molar refractivity (Wildman–Crippen MR) is 116 cm³/mol. The van der Waals surface area contributed by atoms with Crippen LogP contribution in [0.2, 0.25) is 0 Å². The summed E-state index contributed by atoms with van der Waals surface area (Å²) in [6.45, 7) is 3.03. The molecule has 3 rings (SSSR count). The van der Waals surface area contributed by atoms with E-state index < -0.39 is 0 Å². The Bertz CT molecular complexity index is 870. The molecule has 0 aliphatic rings. The molecule has 0 radical (unpaired) electrons. The average Bonchev–Trinajstić information content (AvgIpc) is 2.78. The summed E-state index contributed by atoms with van der Waals surface area (Å²) in [7, 11) is 1.57. The number of methoxy groups -OCH3 is 1. The summed E-state index contributed by atoms with van der Waals surface area (Å²) in [6, 6.07) is 26.0. The smallest absolute Gasteiger partial charge is 0.251 e. The van der Waals surface area contributed by atoms with Gasteiger partial charge < -0.3 is 14.8 Å². The van der Waals surface area contributed by atoms with Crippen LogP contribution in [0.3, 0.4) is 0 Å². The van der Waals surface area contributed by atoms with E-state index in [0.29, 0.717) is 30.2 Å². The summed E-state index contributed by atoms with van der Waals surface area (Å²) in [5.74, 6) is 1.31. The molecule has 0 saturated carbocycles. The third-order valence-electron chi connectivity index (χ3n) is 4.85. The van der Waals surface area contributed by atoms with Crippen LogP contribution < -0.4 is 14.8 Å². The molecule has 0 unspecified atom stereocenters. The van der Waals surface area contributed by atoms with Gasteiger partial charge in [-0.05, 0) is 42.7 Å². The Morgan fingerprint density at radius 3 is 2.07 bits per heavy atom. The van der Waals surface area contributed by atoms with E-state index in [2.05, 4.69) is 53.8 Å². The van der Waals surface area contributed by atoms with Crippen LogP contribution in [-0.2, 0) is 0 Å². The van der Waals surface area contributed by atoms with Gasteiger partial charge in [-0.15, -0.1) is 0 Å². The first-order valence-corrected chi connectivity index (χ1v) is 9.91. The fourth-order valence-corrected chi connectivity index (χ4v) is 3.41. The van der Waals surface area contributed by atoms with Crippen molar-refractivity contribution in [2.75, 3.05) is 20.3 Å². The van der Waals surface area contributed by atoms with Crippen LogP contribution in [0.25, 0.3) is 0 Å². The molecule has 3 aromatic rings. The van der Waals surface area contributed by atoms with E-state index in [1.54, 1.807) is 25.3 Å². The lowest BCUT2D eigenvalue weighted by atomic mass is 9.88. The second kappa shape index (κ2) is 10.3. The van der Waals surface area contributed by atoms with Crippen LogP contribution in [-0.4, -0.2) is 26.2 Å². The summed E-state index contributed by atoms with van der Waals surface area (Å²) in [6.07, 6.45) is 0.813. The first-order chi connectivity index (χ1) is 14.2. The van der Waals surface area contributed by atoms with Gasteiger partial charge in [-0.25, -0.2) is 0 Å². The van der Waals surface area contributed by atoms with Crippen molar-refractivity contribution in [3.8, 4) is 11.5 Å². The van der Waals surface area contributed by atoms with Crippen molar-refractivity contribution >= 4 is 5.91 Å². The van der Waals surface area contributed by atoms with Gasteiger partial charge >= 0.3 is 0 Å². The molecule has 0 heterocycles. The van der Waals surface area contributed by atoms with Crippen LogP contribution >= 0.6 is 0 Å². The van der Waals surface area contributed by atoms with E-state index in [0.717, 1.165) is 6.42 Å². The molecule has 0 aliphatic heterocycles. The highest BCUT2D eigenvalue weighted by atomic mass is 16.5. The number of carbonyl (C=O) groups is 1. The highest BCUT2D eigenvalue weighted by Gasteiger charge is 2.15. The summed E-state index contributed by atoms with van der Waals surface area (Å²) >= 11 is 0. The van der Waals surface area contributed by atoms with Crippen LogP contribution in [0.15, 0.2) is 78.9 Å². The Hall–Kier alpha value is -3.27. The first-order valence-electron chi connectivity index (χ1n) is 9.91. The molecular formula is C25H27NO3. The lowest BCUT2D eigenvalue weighted by molar-refractivity contribution is 0.0952. The lowest BCUT2D eigenvalue weighted by Crippen LogP contribution is -2.26. The summed E-state index contributed by atoms with van der Waals surface area (Å²) in [5, 5.41) is 3.04. The maximum absolute atomic E-state index is 12.6. The Morgan fingerprint density at radius 2 is 1.52 bits per heavy atom. The largest absolute Gasteiger partial charge is 0.493 e. The van der Waals surface area contributed by atoms with Gasteiger partial charge in [-0.3, -0.25) is 4.79 Å². The number of rotatable bonds is 9. The van der Waals surface area contributed by atoms with Gasteiger partial charge in [-0.1, -0.05) is 60.7 Å². The number of hydrogen-bond acceptors (Lipinski definition) is 3. The molecular weight excluding hydrogens is 362 g/mol. The molecule has 0 atom stereocenters. The van der Waals surface area contributed by atoms with Gasteiger partial charge in [0.1, 0.15) is 0 Å². The maximum Gasteiger partial charge on any atom is 0.251 e. The molecule has 0 bridgehead atoms. The van der Waals surface area contributed by atoms with Gasteiger partial charge in [0.25, 0.3) is 5.91 Å². The number of ether oxygens (including phenoxy) is 2. The standard InChI is InChI=1S/C25H27NO3/c1-3-29-23-15-14-21(18-24(23)28-2)25(27)26-17-16-22(19-10-6-4-7-11-19)20-12-8-5-9-13-20/h4-15,18,22H,3,16-17H2,1-2H3,(H,26,27). The number of benzene rings is 3. The Labute approximate surface area is 172 Å². The maximum atomic E-state index is 12.6. The number of nitrogens with one attached hydrogen (secondary N) is 1. The van der Waals surface area contributed by atoms with Gasteiger partial charge in [0.05, 0.1) is 13.7 Å². The molecule has 0 spiro atoms. The van der Waals surface area contributed by atoms with Crippen LogP contribution in [0.5, 0.6) is 11.5 Å². The Morgan fingerprint density at radius 1 is 0.897 bits per heavy atom. The molecule has 0 aromatic heterocycles. The molecule has 1 N–H and O–H groups in total. The molecule has 0 aliphatic carbocycles. The minimum Gasteiger partial charge on any atom is -0.493 e. The van der Waals surface area contributed by atoms with Crippen molar-refractivity contribution in [2.24, 2.45) is 0 Å². The molecule has 150 valence electrons. The van der Waals surface area contributed by atoms with E-state index in [4.69, 9.17) is 9.47 Å². The third-order valence-corrected chi connectivity index (χ3v) is 4.85. The SMILES string of the molecule is CCOc1ccc(C(=O)NCCC(c2ccccc2)c2ccccc2)cc1OC. The fraction of sp³-hybridized carbons (Fsp3) is 0.240. The van der Waals surface area contributed by atoms with Gasteiger partial charge in [-0.2, -0.15) is 0 Å². The van der Waals surface area contributed by atoms with E-state index >= 15 is 0 Å². The molecule has 1 amide bonds. The number of carbonyl (C=O) groups excluding carboxylic acids is 1. The van der Waals surface area contributed by atoms with Crippen molar-refractivity contribution in [3.63, 3.8) is 0 Å². The predicted octanol–water partition coefficient (Wildman–Crippen LogP) is 5.05. The highest BCUT2D eigenvalue weighted by molar-refractivity contribution is 5.94. The van der Waals surface area contributed by atoms with Crippen LogP contribution in [0.4, 0.5) is 0 Å². The van der Waals surface area contributed by atoms with Crippen molar-refractivity contribution < 1.29 is 14.3 Å². The number of hydrogen-bond donors (Lipinski definition) is 1. The highest BCUT2D eigenvalue weighted by Crippen LogP contribution is 2.29. The van der Waals surface area contributed by atoms with E-state index in [1.165, 1.54) is 11.1 Å². The van der Waals surface area contributed by atoms with Crippen molar-refractivity contribution in [1.29, 1.82) is 0 Å². The summed E-state index contributed by atoms with van der Waals surface area (Å²) in [4.78, 5) is 12.6. The Kier molecular flexibility index (Phi) is 7.28. The number of amides is 1. The van der Waals surface area contributed by atoms with Crippen molar-refractivity contribution in [3.05, 3.63) is 95.6 Å².